The van der Waals surface area contributed by atoms with E-state index in [9.17, 15) is 4.79 Å². The maximum atomic E-state index is 11.8. The number of benzene rings is 1. The molecule has 0 radical (unpaired) electrons. The Morgan fingerprint density at radius 1 is 1.29 bits per heavy atom. The smallest absolute Gasteiger partial charge is 0.226 e. The SMILES string of the molecule is CCCCCC(=O)N(C)c1ccc(C#N)cc1. The largest absolute Gasteiger partial charge is 0.316 e. The molecular formula is C14H18N2O. The zero-order valence-electron chi connectivity index (χ0n) is 10.4. The molecule has 1 rings (SSSR count). The van der Waals surface area contributed by atoms with Gasteiger partial charge in [0.05, 0.1) is 11.6 Å². The van der Waals surface area contributed by atoms with Crippen LogP contribution in [0, 0.1) is 11.3 Å². The number of unbranched alkanes of at least 4 members (excludes halogenated alkanes) is 2. The maximum Gasteiger partial charge on any atom is 0.226 e. The lowest BCUT2D eigenvalue weighted by Gasteiger charge is -2.17. The number of carbonyl (C=O) groups excluding carboxylic acids is 1. The van der Waals surface area contributed by atoms with Gasteiger partial charge in [-0.05, 0) is 30.7 Å². The number of nitrogens with zero attached hydrogens (tertiary/aromatic N) is 2. The summed E-state index contributed by atoms with van der Waals surface area (Å²) in [6, 6.07) is 9.12. The molecule has 0 aliphatic carbocycles. The van der Waals surface area contributed by atoms with Gasteiger partial charge >= 0.3 is 0 Å². The third-order valence-electron chi connectivity index (χ3n) is 2.75. The molecule has 1 aromatic rings. The molecule has 1 amide bonds. The van der Waals surface area contributed by atoms with Crippen LogP contribution in [0.5, 0.6) is 0 Å². The van der Waals surface area contributed by atoms with Crippen LogP contribution in [-0.4, -0.2) is 13.0 Å². The summed E-state index contributed by atoms with van der Waals surface area (Å²) in [5.74, 6) is 0.128. The monoisotopic (exact) mass is 230 g/mol. The summed E-state index contributed by atoms with van der Waals surface area (Å²) in [7, 11) is 1.77. The summed E-state index contributed by atoms with van der Waals surface area (Å²) in [6.45, 7) is 2.12. The third kappa shape index (κ3) is 3.92. The van der Waals surface area contributed by atoms with Crippen molar-refractivity contribution in [2.24, 2.45) is 0 Å². The molecule has 3 nitrogen and oxygen atoms in total. The van der Waals surface area contributed by atoms with E-state index in [4.69, 9.17) is 5.26 Å². The van der Waals surface area contributed by atoms with Crippen molar-refractivity contribution in [3.05, 3.63) is 29.8 Å². The van der Waals surface area contributed by atoms with Crippen LogP contribution in [0.25, 0.3) is 0 Å². The summed E-state index contributed by atoms with van der Waals surface area (Å²) in [5.41, 5.74) is 1.45. The number of nitriles is 1. The Kier molecular flexibility index (Phi) is 5.22. The highest BCUT2D eigenvalue weighted by Crippen LogP contribution is 2.15. The number of hydrogen-bond donors (Lipinski definition) is 0. The van der Waals surface area contributed by atoms with Gasteiger partial charge in [-0.15, -0.1) is 0 Å². The number of hydrogen-bond acceptors (Lipinski definition) is 2. The molecule has 0 N–H and O–H groups in total. The molecule has 90 valence electrons. The Labute approximate surface area is 103 Å². The van der Waals surface area contributed by atoms with Crippen LogP contribution < -0.4 is 4.90 Å². The highest BCUT2D eigenvalue weighted by Gasteiger charge is 2.09. The van der Waals surface area contributed by atoms with Crippen LogP contribution in [0.1, 0.15) is 38.2 Å². The molecule has 0 aromatic heterocycles. The summed E-state index contributed by atoms with van der Waals surface area (Å²) in [5, 5.41) is 8.69. The van der Waals surface area contributed by atoms with Gasteiger partial charge in [-0.25, -0.2) is 0 Å². The third-order valence-corrected chi connectivity index (χ3v) is 2.75. The van der Waals surface area contributed by atoms with E-state index in [1.807, 2.05) is 0 Å². The van der Waals surface area contributed by atoms with Crippen molar-refractivity contribution >= 4 is 11.6 Å². The molecule has 17 heavy (non-hydrogen) atoms. The number of rotatable bonds is 5. The maximum absolute atomic E-state index is 11.8. The van der Waals surface area contributed by atoms with Crippen molar-refractivity contribution in [1.29, 1.82) is 5.26 Å². The summed E-state index contributed by atoms with van der Waals surface area (Å²) in [6.07, 6.45) is 3.74. The average Bonchev–Trinajstić information content (AvgIpc) is 2.38. The highest BCUT2D eigenvalue weighted by molar-refractivity contribution is 5.92. The molecule has 0 saturated carbocycles. The second-order valence-electron chi connectivity index (χ2n) is 4.07. The van der Waals surface area contributed by atoms with Gasteiger partial charge in [0, 0.05) is 19.2 Å². The van der Waals surface area contributed by atoms with Crippen LogP contribution in [0.3, 0.4) is 0 Å². The van der Waals surface area contributed by atoms with Crippen molar-refractivity contribution < 1.29 is 4.79 Å². The van der Waals surface area contributed by atoms with Crippen molar-refractivity contribution in [2.45, 2.75) is 32.6 Å². The molecule has 0 atom stereocenters. The molecule has 1 aromatic carbocycles. The molecule has 0 heterocycles. The van der Waals surface area contributed by atoms with Gasteiger partial charge in [-0.1, -0.05) is 19.8 Å². The van der Waals surface area contributed by atoms with Crippen LogP contribution >= 0.6 is 0 Å². The van der Waals surface area contributed by atoms with Gasteiger partial charge in [0.2, 0.25) is 5.91 Å². The van der Waals surface area contributed by atoms with Gasteiger partial charge in [0.25, 0.3) is 0 Å². The summed E-state index contributed by atoms with van der Waals surface area (Å²) in [4.78, 5) is 13.5. The first-order valence-electron chi connectivity index (χ1n) is 5.95. The van der Waals surface area contributed by atoms with Crippen molar-refractivity contribution in [3.63, 3.8) is 0 Å². The van der Waals surface area contributed by atoms with Gasteiger partial charge in [-0.2, -0.15) is 5.26 Å². The average molecular weight is 230 g/mol. The predicted molar refractivity (Wildman–Crippen MR) is 68.7 cm³/mol. The minimum absolute atomic E-state index is 0.128. The zero-order valence-corrected chi connectivity index (χ0v) is 10.4. The zero-order chi connectivity index (χ0) is 12.7. The number of carbonyl (C=O) groups is 1. The van der Waals surface area contributed by atoms with Gasteiger partial charge in [0.1, 0.15) is 0 Å². The highest BCUT2D eigenvalue weighted by atomic mass is 16.2. The van der Waals surface area contributed by atoms with Gasteiger partial charge in [0.15, 0.2) is 0 Å². The normalized spacial score (nSPS) is 9.71. The van der Waals surface area contributed by atoms with E-state index in [0.29, 0.717) is 12.0 Å². The fourth-order valence-electron chi connectivity index (χ4n) is 1.60. The number of amides is 1. The van der Waals surface area contributed by atoms with E-state index in [0.717, 1.165) is 24.9 Å². The van der Waals surface area contributed by atoms with Crippen molar-refractivity contribution in [3.8, 4) is 6.07 Å². The fourth-order valence-corrected chi connectivity index (χ4v) is 1.60. The quantitative estimate of drug-likeness (QED) is 0.729. The van der Waals surface area contributed by atoms with Crippen LogP contribution in [0.2, 0.25) is 0 Å². The Morgan fingerprint density at radius 2 is 1.94 bits per heavy atom. The van der Waals surface area contributed by atoms with E-state index in [1.54, 1.807) is 36.2 Å². The molecule has 0 spiro atoms. The molecular weight excluding hydrogens is 212 g/mol. The van der Waals surface area contributed by atoms with Crippen LogP contribution in [0.4, 0.5) is 5.69 Å². The van der Waals surface area contributed by atoms with E-state index in [2.05, 4.69) is 13.0 Å². The molecule has 0 unspecified atom stereocenters. The molecule has 0 fully saturated rings. The first-order chi connectivity index (χ1) is 8.19. The Morgan fingerprint density at radius 3 is 2.47 bits per heavy atom. The molecule has 0 aliphatic heterocycles. The lowest BCUT2D eigenvalue weighted by molar-refractivity contribution is -0.118. The Balaban J connectivity index is 2.59. The van der Waals surface area contributed by atoms with E-state index < -0.39 is 0 Å². The lowest BCUT2D eigenvalue weighted by Crippen LogP contribution is -2.25. The van der Waals surface area contributed by atoms with Gasteiger partial charge in [-0.3, -0.25) is 4.79 Å². The second kappa shape index (κ2) is 6.70. The molecule has 0 aliphatic rings. The summed E-state index contributed by atoms with van der Waals surface area (Å²) < 4.78 is 0. The predicted octanol–water partition coefficient (Wildman–Crippen LogP) is 3.10. The fraction of sp³-hybridized carbons (Fsp3) is 0.429. The van der Waals surface area contributed by atoms with Crippen molar-refractivity contribution in [1.82, 2.24) is 0 Å². The minimum atomic E-state index is 0.128. The Bertz CT molecular complexity index is 403. The molecule has 0 saturated heterocycles. The first-order valence-corrected chi connectivity index (χ1v) is 5.95. The minimum Gasteiger partial charge on any atom is -0.316 e. The number of anilines is 1. The van der Waals surface area contributed by atoms with Gasteiger partial charge < -0.3 is 4.90 Å². The van der Waals surface area contributed by atoms with Crippen molar-refractivity contribution in [2.75, 3.05) is 11.9 Å². The first kappa shape index (κ1) is 13.2. The topological polar surface area (TPSA) is 44.1 Å². The molecule has 3 heteroatoms. The second-order valence-corrected chi connectivity index (χ2v) is 4.07. The van der Waals surface area contributed by atoms with Crippen LogP contribution in [0.15, 0.2) is 24.3 Å². The summed E-state index contributed by atoms with van der Waals surface area (Å²) >= 11 is 0. The molecule has 0 bridgehead atoms. The standard InChI is InChI=1S/C14H18N2O/c1-3-4-5-6-14(17)16(2)13-9-7-12(11-15)8-10-13/h7-10H,3-6H2,1-2H3. The Hall–Kier alpha value is -1.82. The van der Waals surface area contributed by atoms with E-state index >= 15 is 0 Å². The van der Waals surface area contributed by atoms with E-state index in [1.165, 1.54) is 0 Å². The lowest BCUT2D eigenvalue weighted by atomic mass is 10.1. The van der Waals surface area contributed by atoms with E-state index in [-0.39, 0.29) is 5.91 Å². The van der Waals surface area contributed by atoms with Crippen LogP contribution in [-0.2, 0) is 4.79 Å².